The van der Waals surface area contributed by atoms with Crippen LogP contribution in [0.15, 0.2) is 23.0 Å². The van der Waals surface area contributed by atoms with Crippen molar-refractivity contribution >= 4 is 5.91 Å². The minimum absolute atomic E-state index is 0.0267. The van der Waals surface area contributed by atoms with Gasteiger partial charge in [0.2, 0.25) is 0 Å². The standard InChI is InChI=1S/C21H28N8O2/c1-14-13-15(2)29(24-14)18-5-6-19(30)28(25-18)12-9-26-7-10-27(11-8-26)21(31)20-16(3)22-23-17(20)4/h5-6,13H,7-12H2,1-4H3,(H,22,23). The molecule has 0 saturated carbocycles. The molecule has 10 nitrogen and oxygen atoms in total. The van der Waals surface area contributed by atoms with E-state index in [1.807, 2.05) is 38.7 Å². The predicted octanol–water partition coefficient (Wildman–Crippen LogP) is 0.844. The lowest BCUT2D eigenvalue weighted by Crippen LogP contribution is -2.49. The molecule has 0 radical (unpaired) electrons. The molecule has 1 N–H and O–H groups in total. The number of amides is 1. The molecule has 0 spiro atoms. The summed E-state index contributed by atoms with van der Waals surface area (Å²) in [6, 6.07) is 5.21. The molecular weight excluding hydrogens is 396 g/mol. The van der Waals surface area contributed by atoms with Crippen molar-refractivity contribution in [3.8, 4) is 5.82 Å². The molecule has 0 aromatic carbocycles. The fourth-order valence-electron chi connectivity index (χ4n) is 4.01. The summed E-state index contributed by atoms with van der Waals surface area (Å²) in [5, 5.41) is 15.9. The summed E-state index contributed by atoms with van der Waals surface area (Å²) in [4.78, 5) is 29.2. The van der Waals surface area contributed by atoms with E-state index >= 15 is 0 Å². The van der Waals surface area contributed by atoms with Crippen LogP contribution in [-0.4, -0.2) is 78.2 Å². The molecule has 0 aliphatic carbocycles. The highest BCUT2D eigenvalue weighted by molar-refractivity contribution is 5.96. The van der Waals surface area contributed by atoms with Crippen molar-refractivity contribution < 1.29 is 4.79 Å². The minimum Gasteiger partial charge on any atom is -0.336 e. The van der Waals surface area contributed by atoms with E-state index in [0.717, 1.165) is 35.9 Å². The molecule has 31 heavy (non-hydrogen) atoms. The number of aromatic amines is 1. The molecule has 0 bridgehead atoms. The highest BCUT2D eigenvalue weighted by Crippen LogP contribution is 2.14. The molecule has 164 valence electrons. The average Bonchev–Trinajstić information content (AvgIpc) is 3.27. The lowest BCUT2D eigenvalue weighted by Gasteiger charge is -2.34. The van der Waals surface area contributed by atoms with Crippen LogP contribution < -0.4 is 5.56 Å². The second-order valence-corrected chi connectivity index (χ2v) is 8.03. The Balaban J connectivity index is 1.37. The van der Waals surface area contributed by atoms with Crippen LogP contribution in [0.2, 0.25) is 0 Å². The van der Waals surface area contributed by atoms with Crippen molar-refractivity contribution in [3.05, 3.63) is 56.9 Å². The van der Waals surface area contributed by atoms with Gasteiger partial charge in [-0.3, -0.25) is 19.6 Å². The van der Waals surface area contributed by atoms with Gasteiger partial charge in [0.1, 0.15) is 0 Å². The first-order chi connectivity index (χ1) is 14.8. The summed E-state index contributed by atoms with van der Waals surface area (Å²) in [5.41, 5.74) is 3.95. The van der Waals surface area contributed by atoms with Crippen molar-refractivity contribution in [2.75, 3.05) is 32.7 Å². The Morgan fingerprint density at radius 3 is 2.39 bits per heavy atom. The van der Waals surface area contributed by atoms with Crippen molar-refractivity contribution in [2.45, 2.75) is 34.2 Å². The maximum absolute atomic E-state index is 12.8. The number of carbonyl (C=O) groups is 1. The first-order valence-corrected chi connectivity index (χ1v) is 10.5. The maximum atomic E-state index is 12.8. The van der Waals surface area contributed by atoms with Gasteiger partial charge in [0.05, 0.1) is 23.5 Å². The second-order valence-electron chi connectivity index (χ2n) is 8.03. The SMILES string of the molecule is Cc1cc(C)n(-c2ccc(=O)n(CCN3CCN(C(=O)c4c(C)n[nH]c4C)CC3)n2)n1. The van der Waals surface area contributed by atoms with E-state index in [4.69, 9.17) is 0 Å². The number of aromatic nitrogens is 6. The lowest BCUT2D eigenvalue weighted by atomic mass is 10.1. The predicted molar refractivity (Wildman–Crippen MR) is 115 cm³/mol. The number of hydrogen-bond donors (Lipinski definition) is 1. The fraction of sp³-hybridized carbons (Fsp3) is 0.476. The molecule has 1 aliphatic rings. The van der Waals surface area contributed by atoms with Gasteiger partial charge in [-0.25, -0.2) is 9.36 Å². The monoisotopic (exact) mass is 424 g/mol. The zero-order valence-electron chi connectivity index (χ0n) is 18.4. The Morgan fingerprint density at radius 2 is 1.77 bits per heavy atom. The highest BCUT2D eigenvalue weighted by atomic mass is 16.2. The van der Waals surface area contributed by atoms with E-state index in [-0.39, 0.29) is 11.5 Å². The quantitative estimate of drug-likeness (QED) is 0.651. The number of H-pyrrole nitrogens is 1. The number of nitrogens with one attached hydrogen (secondary N) is 1. The van der Waals surface area contributed by atoms with E-state index in [9.17, 15) is 9.59 Å². The molecule has 3 aromatic heterocycles. The van der Waals surface area contributed by atoms with E-state index in [1.54, 1.807) is 10.7 Å². The van der Waals surface area contributed by atoms with E-state index in [0.29, 0.717) is 37.6 Å². The Hall–Kier alpha value is -3.27. The third kappa shape index (κ3) is 4.29. The molecule has 0 unspecified atom stereocenters. The van der Waals surface area contributed by atoms with Gasteiger partial charge in [0.15, 0.2) is 5.82 Å². The van der Waals surface area contributed by atoms with Crippen molar-refractivity contribution in [1.29, 1.82) is 0 Å². The molecule has 4 heterocycles. The molecule has 0 atom stereocenters. The summed E-state index contributed by atoms with van der Waals surface area (Å²) in [7, 11) is 0. The number of nitrogens with zero attached hydrogens (tertiary/aromatic N) is 7. The number of rotatable bonds is 5. The highest BCUT2D eigenvalue weighted by Gasteiger charge is 2.25. The Kier molecular flexibility index (Phi) is 5.73. The van der Waals surface area contributed by atoms with Crippen molar-refractivity contribution in [1.82, 2.24) is 39.6 Å². The zero-order valence-corrected chi connectivity index (χ0v) is 18.4. The first kappa shape index (κ1) is 21.0. The molecule has 10 heteroatoms. The van der Waals surface area contributed by atoms with E-state index < -0.39 is 0 Å². The largest absolute Gasteiger partial charge is 0.336 e. The van der Waals surface area contributed by atoms with Gasteiger partial charge >= 0.3 is 0 Å². The maximum Gasteiger partial charge on any atom is 0.266 e. The Labute approximate surface area is 180 Å². The van der Waals surface area contributed by atoms with E-state index in [2.05, 4.69) is 25.3 Å². The molecule has 1 fully saturated rings. The summed E-state index contributed by atoms with van der Waals surface area (Å²) in [5.74, 6) is 0.658. The zero-order chi connectivity index (χ0) is 22.1. The molecule has 1 saturated heterocycles. The molecular formula is C21H28N8O2. The van der Waals surface area contributed by atoms with Crippen LogP contribution in [0.1, 0.15) is 33.1 Å². The van der Waals surface area contributed by atoms with Gasteiger partial charge < -0.3 is 4.90 Å². The normalized spacial score (nSPS) is 14.9. The molecule has 3 aromatic rings. The number of aryl methyl sites for hydroxylation is 4. The van der Waals surface area contributed by atoms with Gasteiger partial charge in [-0.2, -0.15) is 10.2 Å². The van der Waals surface area contributed by atoms with Gasteiger partial charge in [-0.05, 0) is 39.8 Å². The molecule has 1 amide bonds. The van der Waals surface area contributed by atoms with Crippen LogP contribution in [0.3, 0.4) is 0 Å². The fourth-order valence-corrected chi connectivity index (χ4v) is 4.01. The number of carbonyl (C=O) groups excluding carboxylic acids is 1. The topological polar surface area (TPSA) is 105 Å². The van der Waals surface area contributed by atoms with Gasteiger partial charge in [-0.15, -0.1) is 5.10 Å². The Bertz CT molecular complexity index is 1130. The lowest BCUT2D eigenvalue weighted by molar-refractivity contribution is 0.0630. The van der Waals surface area contributed by atoms with Crippen LogP contribution in [0.4, 0.5) is 0 Å². The van der Waals surface area contributed by atoms with Crippen molar-refractivity contribution in [3.63, 3.8) is 0 Å². The van der Waals surface area contributed by atoms with Crippen LogP contribution in [0, 0.1) is 27.7 Å². The van der Waals surface area contributed by atoms with Crippen LogP contribution in [-0.2, 0) is 6.54 Å². The summed E-state index contributed by atoms with van der Waals surface area (Å²) >= 11 is 0. The first-order valence-electron chi connectivity index (χ1n) is 10.5. The summed E-state index contributed by atoms with van der Waals surface area (Å²) in [6.45, 7) is 11.6. The molecule has 1 aliphatic heterocycles. The molecule has 4 rings (SSSR count). The average molecular weight is 425 g/mol. The number of piperazine rings is 1. The smallest absolute Gasteiger partial charge is 0.266 e. The summed E-state index contributed by atoms with van der Waals surface area (Å²) < 4.78 is 3.23. The van der Waals surface area contributed by atoms with Gasteiger partial charge in [0.25, 0.3) is 11.5 Å². The van der Waals surface area contributed by atoms with E-state index in [1.165, 1.54) is 10.7 Å². The van der Waals surface area contributed by atoms with Crippen LogP contribution >= 0.6 is 0 Å². The third-order valence-electron chi connectivity index (χ3n) is 5.71. The number of hydrogen-bond acceptors (Lipinski definition) is 6. The van der Waals surface area contributed by atoms with Gasteiger partial charge in [0, 0.05) is 50.2 Å². The van der Waals surface area contributed by atoms with Crippen molar-refractivity contribution in [2.24, 2.45) is 0 Å². The second kappa shape index (κ2) is 8.46. The summed E-state index contributed by atoms with van der Waals surface area (Å²) in [6.07, 6.45) is 0. The Morgan fingerprint density at radius 1 is 1.03 bits per heavy atom. The minimum atomic E-state index is -0.134. The van der Waals surface area contributed by atoms with Gasteiger partial charge in [-0.1, -0.05) is 0 Å². The third-order valence-corrected chi connectivity index (χ3v) is 5.71. The van der Waals surface area contributed by atoms with Crippen LogP contribution in [0.5, 0.6) is 0 Å². The van der Waals surface area contributed by atoms with Crippen LogP contribution in [0.25, 0.3) is 5.82 Å².